The molecule has 0 aromatic carbocycles. The fraction of sp³-hybridized carbons (Fsp3) is 0.917. The maximum absolute atomic E-state index is 12.9. The van der Waals surface area contributed by atoms with Crippen LogP contribution in [0, 0.1) is 0 Å². The highest BCUT2D eigenvalue weighted by atomic mass is 19.2. The highest BCUT2D eigenvalue weighted by Gasteiger charge is 2.26. The third-order valence-electron chi connectivity index (χ3n) is 2.67. The first-order valence-corrected chi connectivity index (χ1v) is 6.16. The van der Waals surface area contributed by atoms with Gasteiger partial charge >= 0.3 is 5.97 Å². The topological polar surface area (TPSA) is 37.3 Å². The summed E-state index contributed by atoms with van der Waals surface area (Å²) in [7, 11) is 0. The van der Waals surface area contributed by atoms with Crippen molar-refractivity contribution >= 4 is 5.97 Å². The van der Waals surface area contributed by atoms with Crippen LogP contribution in [0.3, 0.4) is 0 Å². The van der Waals surface area contributed by atoms with Crippen LogP contribution in [0.5, 0.6) is 0 Å². The molecule has 0 aromatic rings. The number of aliphatic carboxylic acids is 1. The molecule has 102 valence electrons. The lowest BCUT2D eigenvalue weighted by Gasteiger charge is -2.09. The Morgan fingerprint density at radius 1 is 0.941 bits per heavy atom. The van der Waals surface area contributed by atoms with Gasteiger partial charge in [-0.15, -0.1) is 0 Å². The van der Waals surface area contributed by atoms with Gasteiger partial charge in [-0.3, -0.25) is 4.39 Å². The number of halogens is 3. The average Bonchev–Trinajstić information content (AvgIpc) is 2.31. The highest BCUT2D eigenvalue weighted by Crippen LogP contribution is 2.15. The molecule has 0 heterocycles. The second-order valence-corrected chi connectivity index (χ2v) is 4.21. The molecule has 0 bridgehead atoms. The molecule has 0 spiro atoms. The van der Waals surface area contributed by atoms with Crippen LogP contribution >= 0.6 is 0 Å². The Labute approximate surface area is 100 Å². The van der Waals surface area contributed by atoms with Crippen molar-refractivity contribution in [1.82, 2.24) is 0 Å². The monoisotopic (exact) mass is 254 g/mol. The standard InChI is InChI=1S/C12H21F3O2/c13-9-7-5-3-1-2-4-6-8-10(14)11(15)12(16)17/h10-11H,1-9H2,(H,16,17). The van der Waals surface area contributed by atoms with Gasteiger partial charge in [0.2, 0.25) is 6.17 Å². The van der Waals surface area contributed by atoms with Crippen molar-refractivity contribution < 1.29 is 23.1 Å². The van der Waals surface area contributed by atoms with Crippen LogP contribution in [-0.2, 0) is 4.79 Å². The molecular weight excluding hydrogens is 233 g/mol. The first-order valence-electron chi connectivity index (χ1n) is 6.16. The van der Waals surface area contributed by atoms with Crippen LogP contribution in [0.25, 0.3) is 0 Å². The number of rotatable bonds is 11. The van der Waals surface area contributed by atoms with Crippen molar-refractivity contribution in [3.63, 3.8) is 0 Å². The summed E-state index contributed by atoms with van der Waals surface area (Å²) < 4.78 is 37.3. The number of carboxylic acid groups (broad SMARTS) is 1. The van der Waals surface area contributed by atoms with E-state index >= 15 is 0 Å². The van der Waals surface area contributed by atoms with Gasteiger partial charge in [-0.05, 0) is 12.8 Å². The van der Waals surface area contributed by atoms with E-state index in [4.69, 9.17) is 5.11 Å². The molecule has 0 amide bonds. The van der Waals surface area contributed by atoms with Crippen LogP contribution in [0.15, 0.2) is 0 Å². The Hall–Kier alpha value is -0.740. The number of carboxylic acids is 1. The molecule has 0 aliphatic rings. The van der Waals surface area contributed by atoms with Gasteiger partial charge in [-0.25, -0.2) is 13.6 Å². The lowest BCUT2D eigenvalue weighted by molar-refractivity contribution is -0.145. The Kier molecular flexibility index (Phi) is 9.96. The zero-order chi connectivity index (χ0) is 13.1. The molecule has 1 N–H and O–H groups in total. The molecule has 5 heteroatoms. The first-order chi connectivity index (χ1) is 8.09. The Bertz CT molecular complexity index is 200. The Morgan fingerprint density at radius 3 is 1.88 bits per heavy atom. The summed E-state index contributed by atoms with van der Waals surface area (Å²) in [6.07, 6.45) is 1.21. The molecule has 0 aliphatic carbocycles. The van der Waals surface area contributed by atoms with E-state index < -0.39 is 18.3 Å². The van der Waals surface area contributed by atoms with Crippen molar-refractivity contribution in [2.45, 2.75) is 63.7 Å². The van der Waals surface area contributed by atoms with Crippen LogP contribution in [0.1, 0.15) is 51.4 Å². The van der Waals surface area contributed by atoms with E-state index in [9.17, 15) is 18.0 Å². The predicted molar refractivity (Wildman–Crippen MR) is 60.3 cm³/mol. The van der Waals surface area contributed by atoms with E-state index in [-0.39, 0.29) is 13.1 Å². The average molecular weight is 254 g/mol. The summed E-state index contributed by atoms with van der Waals surface area (Å²) in [6.45, 7) is -0.281. The number of unbranched alkanes of at least 4 members (excludes halogenated alkanes) is 6. The molecule has 0 aliphatic heterocycles. The summed E-state index contributed by atoms with van der Waals surface area (Å²) >= 11 is 0. The van der Waals surface area contributed by atoms with Crippen molar-refractivity contribution in [2.75, 3.05) is 6.67 Å². The van der Waals surface area contributed by atoms with Crippen LogP contribution in [0.4, 0.5) is 13.2 Å². The van der Waals surface area contributed by atoms with Gasteiger partial charge < -0.3 is 5.11 Å². The van der Waals surface area contributed by atoms with Crippen molar-refractivity contribution in [1.29, 1.82) is 0 Å². The zero-order valence-corrected chi connectivity index (χ0v) is 10.0. The van der Waals surface area contributed by atoms with E-state index in [0.29, 0.717) is 12.8 Å². The number of carbonyl (C=O) groups is 1. The fourth-order valence-electron chi connectivity index (χ4n) is 1.62. The maximum atomic E-state index is 12.9. The van der Waals surface area contributed by atoms with E-state index in [1.807, 2.05) is 0 Å². The molecule has 0 rings (SSSR count). The van der Waals surface area contributed by atoms with Gasteiger partial charge in [-0.2, -0.15) is 0 Å². The van der Waals surface area contributed by atoms with Gasteiger partial charge in [0, 0.05) is 0 Å². The minimum absolute atomic E-state index is 0.0437. The molecule has 17 heavy (non-hydrogen) atoms. The molecular formula is C12H21F3O2. The Balaban J connectivity index is 3.30. The summed E-state index contributed by atoms with van der Waals surface area (Å²) in [5, 5.41) is 8.23. The van der Waals surface area contributed by atoms with Gasteiger partial charge in [0.15, 0.2) is 0 Å². The second kappa shape index (κ2) is 10.4. The van der Waals surface area contributed by atoms with Crippen molar-refractivity contribution in [3.8, 4) is 0 Å². The molecule has 0 aromatic heterocycles. The first kappa shape index (κ1) is 16.3. The Morgan fingerprint density at radius 2 is 1.41 bits per heavy atom. The molecule has 0 saturated carbocycles. The number of alkyl halides is 3. The summed E-state index contributed by atoms with van der Waals surface area (Å²) in [6, 6.07) is 0. The SMILES string of the molecule is O=C(O)C(F)C(F)CCCCCCCCCF. The second-order valence-electron chi connectivity index (χ2n) is 4.21. The maximum Gasteiger partial charge on any atom is 0.341 e. The predicted octanol–water partition coefficient (Wildman–Crippen LogP) is 3.84. The minimum atomic E-state index is -2.40. The number of hydrogen-bond donors (Lipinski definition) is 1. The van der Waals surface area contributed by atoms with E-state index in [1.54, 1.807) is 0 Å². The third kappa shape index (κ3) is 9.01. The summed E-state index contributed by atoms with van der Waals surface area (Å²) in [5.74, 6) is -1.73. The molecule has 2 unspecified atom stereocenters. The molecule has 0 fully saturated rings. The normalized spacial score (nSPS) is 14.5. The number of hydrogen-bond acceptors (Lipinski definition) is 1. The largest absolute Gasteiger partial charge is 0.479 e. The zero-order valence-electron chi connectivity index (χ0n) is 10.0. The summed E-state index contributed by atoms with van der Waals surface area (Å²) in [5.41, 5.74) is 0. The molecule has 0 radical (unpaired) electrons. The van der Waals surface area contributed by atoms with Crippen molar-refractivity contribution in [3.05, 3.63) is 0 Å². The summed E-state index contributed by atoms with van der Waals surface area (Å²) in [4.78, 5) is 10.1. The van der Waals surface area contributed by atoms with Gasteiger partial charge in [0.1, 0.15) is 6.17 Å². The highest BCUT2D eigenvalue weighted by molar-refractivity contribution is 5.72. The fourth-order valence-corrected chi connectivity index (χ4v) is 1.62. The quantitative estimate of drug-likeness (QED) is 0.569. The lowest BCUT2D eigenvalue weighted by Crippen LogP contribution is -2.26. The lowest BCUT2D eigenvalue weighted by atomic mass is 10.0. The molecule has 2 atom stereocenters. The van der Waals surface area contributed by atoms with Gasteiger partial charge in [-0.1, -0.05) is 38.5 Å². The van der Waals surface area contributed by atoms with Crippen molar-refractivity contribution in [2.24, 2.45) is 0 Å². The van der Waals surface area contributed by atoms with Gasteiger partial charge in [0.25, 0.3) is 0 Å². The van der Waals surface area contributed by atoms with Crippen LogP contribution in [-0.4, -0.2) is 30.1 Å². The van der Waals surface area contributed by atoms with Crippen LogP contribution in [0.2, 0.25) is 0 Å². The molecule has 0 saturated heterocycles. The third-order valence-corrected chi connectivity index (χ3v) is 2.67. The minimum Gasteiger partial charge on any atom is -0.479 e. The van der Waals surface area contributed by atoms with E-state index in [1.165, 1.54) is 0 Å². The smallest absolute Gasteiger partial charge is 0.341 e. The van der Waals surface area contributed by atoms with E-state index in [0.717, 1.165) is 32.1 Å². The molecule has 2 nitrogen and oxygen atoms in total. The van der Waals surface area contributed by atoms with E-state index in [2.05, 4.69) is 0 Å². The van der Waals surface area contributed by atoms with Crippen LogP contribution < -0.4 is 0 Å². The van der Waals surface area contributed by atoms with Gasteiger partial charge in [0.05, 0.1) is 6.67 Å².